The molecule has 1 aromatic carbocycles. The molecule has 0 spiro atoms. The highest BCUT2D eigenvalue weighted by atomic mass is 35.5. The summed E-state index contributed by atoms with van der Waals surface area (Å²) in [5, 5.41) is 3.63. The Hall–Kier alpha value is -0.860. The van der Waals surface area contributed by atoms with Crippen LogP contribution in [0.3, 0.4) is 0 Å². The first kappa shape index (κ1) is 16.2. The van der Waals surface area contributed by atoms with Gasteiger partial charge in [-0.3, -0.25) is 0 Å². The molecule has 0 aliphatic heterocycles. The van der Waals surface area contributed by atoms with Gasteiger partial charge in [0.15, 0.2) is 0 Å². The van der Waals surface area contributed by atoms with Crippen LogP contribution < -0.4 is 5.32 Å². The van der Waals surface area contributed by atoms with Crippen molar-refractivity contribution in [2.24, 2.45) is 5.41 Å². The Kier molecular flexibility index (Phi) is 5.17. The highest BCUT2D eigenvalue weighted by Crippen LogP contribution is 2.26. The van der Waals surface area contributed by atoms with Crippen LogP contribution in [-0.2, 0) is 6.42 Å². The van der Waals surface area contributed by atoms with Crippen LogP contribution >= 0.6 is 11.6 Å². The molecule has 19 heavy (non-hydrogen) atoms. The summed E-state index contributed by atoms with van der Waals surface area (Å²) in [6.45, 7) is 13.2. The van der Waals surface area contributed by atoms with Crippen molar-refractivity contribution in [1.82, 2.24) is 5.32 Å². The SMILES string of the molecule is C=CC(C)(CNC(C)(C)C)Cc1ccc(Cl)c(F)c1. The zero-order valence-corrected chi connectivity index (χ0v) is 12.9. The quantitative estimate of drug-likeness (QED) is 0.779. The molecule has 1 aromatic rings. The molecular weight excluding hydrogens is 261 g/mol. The average molecular weight is 284 g/mol. The lowest BCUT2D eigenvalue weighted by Gasteiger charge is -2.31. The van der Waals surface area contributed by atoms with Gasteiger partial charge in [-0.25, -0.2) is 4.39 Å². The molecule has 0 aliphatic carbocycles. The normalized spacial score (nSPS) is 15.1. The molecule has 1 atom stereocenters. The summed E-state index contributed by atoms with van der Waals surface area (Å²) in [6.07, 6.45) is 2.66. The highest BCUT2D eigenvalue weighted by Gasteiger charge is 2.23. The fourth-order valence-corrected chi connectivity index (χ4v) is 1.91. The minimum atomic E-state index is -0.366. The lowest BCUT2D eigenvalue weighted by atomic mass is 9.83. The summed E-state index contributed by atoms with van der Waals surface area (Å²) in [4.78, 5) is 0. The Labute approximate surface area is 120 Å². The standard InChI is InChI=1S/C16H23ClFN/c1-6-16(5,11-19-15(2,3)4)10-12-7-8-13(17)14(18)9-12/h6-9,19H,1,10-11H2,2-5H3. The van der Waals surface area contributed by atoms with E-state index in [1.165, 1.54) is 6.07 Å². The lowest BCUT2D eigenvalue weighted by molar-refractivity contribution is 0.322. The molecule has 3 heteroatoms. The van der Waals surface area contributed by atoms with Gasteiger partial charge in [0, 0.05) is 17.5 Å². The molecule has 1 unspecified atom stereocenters. The summed E-state index contributed by atoms with van der Waals surface area (Å²) in [6, 6.07) is 4.97. The van der Waals surface area contributed by atoms with Gasteiger partial charge < -0.3 is 5.32 Å². The van der Waals surface area contributed by atoms with E-state index >= 15 is 0 Å². The predicted octanol–water partition coefficient (Wildman–Crippen LogP) is 4.60. The monoisotopic (exact) mass is 283 g/mol. The van der Waals surface area contributed by atoms with Gasteiger partial charge >= 0.3 is 0 Å². The van der Waals surface area contributed by atoms with E-state index < -0.39 is 0 Å². The second-order valence-corrected chi connectivity index (χ2v) is 6.79. The summed E-state index contributed by atoms with van der Waals surface area (Å²) >= 11 is 5.70. The Morgan fingerprint density at radius 1 is 1.32 bits per heavy atom. The van der Waals surface area contributed by atoms with Crippen molar-refractivity contribution in [3.63, 3.8) is 0 Å². The molecule has 1 N–H and O–H groups in total. The summed E-state index contributed by atoms with van der Waals surface area (Å²) in [5.41, 5.74) is 0.864. The van der Waals surface area contributed by atoms with Gasteiger partial charge in [0.25, 0.3) is 0 Å². The van der Waals surface area contributed by atoms with E-state index in [0.717, 1.165) is 18.5 Å². The van der Waals surface area contributed by atoms with Crippen molar-refractivity contribution in [3.8, 4) is 0 Å². The van der Waals surface area contributed by atoms with Crippen LogP contribution in [0.2, 0.25) is 5.02 Å². The van der Waals surface area contributed by atoms with E-state index in [4.69, 9.17) is 11.6 Å². The number of benzene rings is 1. The van der Waals surface area contributed by atoms with Gasteiger partial charge in [-0.15, -0.1) is 6.58 Å². The van der Waals surface area contributed by atoms with Crippen molar-refractivity contribution in [1.29, 1.82) is 0 Å². The zero-order valence-electron chi connectivity index (χ0n) is 12.2. The maximum atomic E-state index is 13.5. The minimum Gasteiger partial charge on any atom is -0.311 e. The summed E-state index contributed by atoms with van der Waals surface area (Å²) in [5.74, 6) is -0.366. The van der Waals surface area contributed by atoms with Crippen LogP contribution in [0.5, 0.6) is 0 Å². The van der Waals surface area contributed by atoms with Gasteiger partial charge in [-0.05, 0) is 44.9 Å². The maximum Gasteiger partial charge on any atom is 0.142 e. The third-order valence-electron chi connectivity index (χ3n) is 3.11. The third-order valence-corrected chi connectivity index (χ3v) is 3.41. The van der Waals surface area contributed by atoms with Crippen molar-refractivity contribution < 1.29 is 4.39 Å². The van der Waals surface area contributed by atoms with Gasteiger partial charge in [-0.2, -0.15) is 0 Å². The molecule has 0 fully saturated rings. The first-order chi connectivity index (χ1) is 8.65. The van der Waals surface area contributed by atoms with Crippen LogP contribution in [-0.4, -0.2) is 12.1 Å². The molecular formula is C16H23ClFN. The highest BCUT2D eigenvalue weighted by molar-refractivity contribution is 6.30. The molecule has 1 rings (SSSR count). The molecule has 0 radical (unpaired) electrons. The third kappa shape index (κ3) is 5.33. The average Bonchev–Trinajstić information content (AvgIpc) is 2.31. The van der Waals surface area contributed by atoms with Gasteiger partial charge in [0.1, 0.15) is 5.82 Å². The number of halogens is 2. The van der Waals surface area contributed by atoms with E-state index in [9.17, 15) is 4.39 Å². The van der Waals surface area contributed by atoms with Crippen molar-refractivity contribution in [2.75, 3.05) is 6.54 Å². The molecule has 0 aromatic heterocycles. The van der Waals surface area contributed by atoms with Crippen LogP contribution in [0.25, 0.3) is 0 Å². The van der Waals surface area contributed by atoms with Gasteiger partial charge in [0.2, 0.25) is 0 Å². The van der Waals surface area contributed by atoms with Gasteiger partial charge in [0.05, 0.1) is 5.02 Å². The van der Waals surface area contributed by atoms with Crippen LogP contribution in [0.4, 0.5) is 4.39 Å². The molecule has 0 amide bonds. The first-order valence-corrected chi connectivity index (χ1v) is 6.86. The van der Waals surface area contributed by atoms with E-state index in [-0.39, 0.29) is 21.8 Å². The lowest BCUT2D eigenvalue weighted by Crippen LogP contribution is -2.43. The summed E-state index contributed by atoms with van der Waals surface area (Å²) in [7, 11) is 0. The molecule has 106 valence electrons. The molecule has 0 heterocycles. The van der Waals surface area contributed by atoms with E-state index in [0.29, 0.717) is 0 Å². The smallest absolute Gasteiger partial charge is 0.142 e. The molecule has 0 aliphatic rings. The van der Waals surface area contributed by atoms with E-state index in [1.54, 1.807) is 6.07 Å². The number of hydrogen-bond donors (Lipinski definition) is 1. The van der Waals surface area contributed by atoms with Crippen molar-refractivity contribution in [2.45, 2.75) is 39.7 Å². The molecule has 1 nitrogen and oxygen atoms in total. The molecule has 0 saturated carbocycles. The van der Waals surface area contributed by atoms with Crippen molar-refractivity contribution >= 4 is 11.6 Å². The Balaban J connectivity index is 2.79. The largest absolute Gasteiger partial charge is 0.311 e. The van der Waals surface area contributed by atoms with E-state index in [2.05, 4.69) is 39.6 Å². The molecule has 0 saturated heterocycles. The Morgan fingerprint density at radius 3 is 2.42 bits per heavy atom. The maximum absolute atomic E-state index is 13.5. The topological polar surface area (TPSA) is 12.0 Å². The minimum absolute atomic E-state index is 0.0511. The number of hydrogen-bond acceptors (Lipinski definition) is 1. The number of nitrogens with one attached hydrogen (secondary N) is 1. The molecule has 0 bridgehead atoms. The Bertz CT molecular complexity index is 451. The Morgan fingerprint density at radius 2 is 1.95 bits per heavy atom. The fraction of sp³-hybridized carbons (Fsp3) is 0.500. The fourth-order valence-electron chi connectivity index (χ4n) is 1.79. The predicted molar refractivity (Wildman–Crippen MR) is 81.2 cm³/mol. The van der Waals surface area contributed by atoms with Crippen LogP contribution in [0, 0.1) is 11.2 Å². The second-order valence-electron chi connectivity index (χ2n) is 6.39. The van der Waals surface area contributed by atoms with Crippen molar-refractivity contribution in [3.05, 3.63) is 47.3 Å². The first-order valence-electron chi connectivity index (χ1n) is 6.48. The second kappa shape index (κ2) is 6.06. The number of rotatable bonds is 5. The summed E-state index contributed by atoms with van der Waals surface area (Å²) < 4.78 is 13.5. The zero-order chi connectivity index (χ0) is 14.7. The van der Waals surface area contributed by atoms with E-state index in [1.807, 2.05) is 12.1 Å². The van der Waals surface area contributed by atoms with Crippen LogP contribution in [0.15, 0.2) is 30.9 Å². The van der Waals surface area contributed by atoms with Gasteiger partial charge in [-0.1, -0.05) is 30.7 Å². The van der Waals surface area contributed by atoms with Crippen LogP contribution in [0.1, 0.15) is 33.3 Å².